The van der Waals surface area contributed by atoms with Crippen LogP contribution >= 0.6 is 0 Å². The van der Waals surface area contributed by atoms with Crippen LogP contribution in [0.25, 0.3) is 0 Å². The molecule has 1 aliphatic rings. The SMILES string of the molecule is Cc1cc(C(=O)N2CCC(C(C)O)C2)ccc1[N+](=O)[O-]. The second-order valence-corrected chi connectivity index (χ2v) is 5.30. The molecule has 1 saturated heterocycles. The molecular weight excluding hydrogens is 260 g/mol. The van der Waals surface area contributed by atoms with Gasteiger partial charge in [0.1, 0.15) is 0 Å². The van der Waals surface area contributed by atoms with Gasteiger partial charge in [0.05, 0.1) is 11.0 Å². The first-order valence-electron chi connectivity index (χ1n) is 6.62. The van der Waals surface area contributed by atoms with Crippen molar-refractivity contribution >= 4 is 11.6 Å². The fourth-order valence-corrected chi connectivity index (χ4v) is 2.54. The zero-order valence-corrected chi connectivity index (χ0v) is 11.6. The van der Waals surface area contributed by atoms with Crippen molar-refractivity contribution in [3.05, 3.63) is 39.4 Å². The number of carbonyl (C=O) groups is 1. The third-order valence-electron chi connectivity index (χ3n) is 3.83. The molecule has 6 heteroatoms. The molecule has 6 nitrogen and oxygen atoms in total. The Kier molecular flexibility index (Phi) is 4.04. The standard InChI is InChI=1S/C14H18N2O4/c1-9-7-11(3-4-13(9)16(19)20)14(18)15-6-5-12(8-15)10(2)17/h3-4,7,10,12,17H,5-6,8H2,1-2H3. The second-order valence-electron chi connectivity index (χ2n) is 5.30. The van der Waals surface area contributed by atoms with Crippen LogP contribution in [0.1, 0.15) is 29.3 Å². The lowest BCUT2D eigenvalue weighted by molar-refractivity contribution is -0.385. The zero-order valence-electron chi connectivity index (χ0n) is 11.6. The molecule has 0 saturated carbocycles. The van der Waals surface area contributed by atoms with Crippen LogP contribution in [-0.2, 0) is 0 Å². The first-order chi connectivity index (χ1) is 9.40. The molecule has 1 heterocycles. The van der Waals surface area contributed by atoms with Crippen molar-refractivity contribution < 1.29 is 14.8 Å². The number of carbonyl (C=O) groups excluding carboxylic acids is 1. The molecule has 0 aromatic heterocycles. The summed E-state index contributed by atoms with van der Waals surface area (Å²) in [6.07, 6.45) is 0.362. The minimum Gasteiger partial charge on any atom is -0.393 e. The van der Waals surface area contributed by atoms with Gasteiger partial charge in [0.2, 0.25) is 0 Å². The molecule has 20 heavy (non-hydrogen) atoms. The fourth-order valence-electron chi connectivity index (χ4n) is 2.54. The van der Waals surface area contributed by atoms with Gasteiger partial charge in [-0.3, -0.25) is 14.9 Å². The van der Waals surface area contributed by atoms with Crippen LogP contribution in [-0.4, -0.2) is 40.0 Å². The second kappa shape index (κ2) is 5.58. The molecule has 0 bridgehead atoms. The first kappa shape index (κ1) is 14.5. The Balaban J connectivity index is 2.14. The molecule has 2 unspecified atom stereocenters. The monoisotopic (exact) mass is 278 g/mol. The molecular formula is C14H18N2O4. The highest BCUT2D eigenvalue weighted by molar-refractivity contribution is 5.95. The van der Waals surface area contributed by atoms with Gasteiger partial charge in [0, 0.05) is 36.2 Å². The summed E-state index contributed by atoms with van der Waals surface area (Å²) >= 11 is 0. The smallest absolute Gasteiger partial charge is 0.272 e. The first-order valence-corrected chi connectivity index (χ1v) is 6.62. The van der Waals surface area contributed by atoms with E-state index in [1.807, 2.05) is 0 Å². The number of rotatable bonds is 3. The zero-order chi connectivity index (χ0) is 14.9. The fraction of sp³-hybridized carbons (Fsp3) is 0.500. The molecule has 2 rings (SSSR count). The molecule has 1 N–H and O–H groups in total. The van der Waals surface area contributed by atoms with Crippen LogP contribution in [0.15, 0.2) is 18.2 Å². The van der Waals surface area contributed by atoms with Crippen LogP contribution in [0.2, 0.25) is 0 Å². The van der Waals surface area contributed by atoms with Crippen molar-refractivity contribution in [2.24, 2.45) is 5.92 Å². The predicted octanol–water partition coefficient (Wildman–Crippen LogP) is 1.75. The molecule has 1 fully saturated rings. The van der Waals surface area contributed by atoms with E-state index in [1.165, 1.54) is 12.1 Å². The lowest BCUT2D eigenvalue weighted by Gasteiger charge is -2.18. The van der Waals surface area contributed by atoms with E-state index in [2.05, 4.69) is 0 Å². The van der Waals surface area contributed by atoms with Crippen LogP contribution in [0, 0.1) is 23.0 Å². The van der Waals surface area contributed by atoms with Gasteiger partial charge >= 0.3 is 0 Å². The van der Waals surface area contributed by atoms with E-state index in [9.17, 15) is 20.0 Å². The molecule has 0 spiro atoms. The molecule has 1 aliphatic heterocycles. The van der Waals surface area contributed by atoms with E-state index in [0.717, 1.165) is 6.42 Å². The summed E-state index contributed by atoms with van der Waals surface area (Å²) in [5, 5.41) is 20.3. The number of nitro benzene ring substituents is 1. The summed E-state index contributed by atoms with van der Waals surface area (Å²) < 4.78 is 0. The van der Waals surface area contributed by atoms with Crippen LogP contribution < -0.4 is 0 Å². The molecule has 2 atom stereocenters. The maximum atomic E-state index is 12.3. The van der Waals surface area contributed by atoms with Crippen molar-refractivity contribution in [1.29, 1.82) is 0 Å². The van der Waals surface area contributed by atoms with Gasteiger partial charge in [-0.2, -0.15) is 0 Å². The Hall–Kier alpha value is -1.95. The highest BCUT2D eigenvalue weighted by atomic mass is 16.6. The minimum absolute atomic E-state index is 0.0184. The maximum Gasteiger partial charge on any atom is 0.272 e. The maximum absolute atomic E-state index is 12.3. The van der Waals surface area contributed by atoms with Gasteiger partial charge in [-0.25, -0.2) is 0 Å². The van der Waals surface area contributed by atoms with Gasteiger partial charge in [-0.05, 0) is 32.4 Å². The number of hydrogen-bond donors (Lipinski definition) is 1. The summed E-state index contributed by atoms with van der Waals surface area (Å²) in [6.45, 7) is 4.50. The number of aryl methyl sites for hydroxylation is 1. The van der Waals surface area contributed by atoms with E-state index in [1.54, 1.807) is 24.8 Å². The highest BCUT2D eigenvalue weighted by Crippen LogP contribution is 2.24. The van der Waals surface area contributed by atoms with Crippen molar-refractivity contribution in [2.45, 2.75) is 26.4 Å². The van der Waals surface area contributed by atoms with Gasteiger partial charge in [0.15, 0.2) is 0 Å². The Labute approximate surface area is 117 Å². The molecule has 108 valence electrons. The molecule has 1 amide bonds. The van der Waals surface area contributed by atoms with E-state index < -0.39 is 11.0 Å². The van der Waals surface area contributed by atoms with Crippen molar-refractivity contribution in [1.82, 2.24) is 4.90 Å². The van der Waals surface area contributed by atoms with E-state index >= 15 is 0 Å². The van der Waals surface area contributed by atoms with E-state index in [0.29, 0.717) is 24.2 Å². The molecule has 0 aliphatic carbocycles. The number of benzene rings is 1. The average molecular weight is 278 g/mol. The third-order valence-corrected chi connectivity index (χ3v) is 3.83. The Morgan fingerprint density at radius 1 is 1.55 bits per heavy atom. The number of aliphatic hydroxyl groups is 1. The van der Waals surface area contributed by atoms with Gasteiger partial charge in [-0.1, -0.05) is 0 Å². The Morgan fingerprint density at radius 2 is 2.25 bits per heavy atom. The molecule has 1 aromatic rings. The summed E-state index contributed by atoms with van der Waals surface area (Å²) in [5.74, 6) is -0.0238. The Morgan fingerprint density at radius 3 is 2.75 bits per heavy atom. The van der Waals surface area contributed by atoms with Crippen LogP contribution in [0.5, 0.6) is 0 Å². The van der Waals surface area contributed by atoms with Crippen molar-refractivity contribution in [2.75, 3.05) is 13.1 Å². The summed E-state index contributed by atoms with van der Waals surface area (Å²) in [4.78, 5) is 24.3. The van der Waals surface area contributed by atoms with Crippen molar-refractivity contribution in [3.8, 4) is 0 Å². The summed E-state index contributed by atoms with van der Waals surface area (Å²) in [6, 6.07) is 4.41. The van der Waals surface area contributed by atoms with Crippen molar-refractivity contribution in [3.63, 3.8) is 0 Å². The van der Waals surface area contributed by atoms with Gasteiger partial charge < -0.3 is 10.0 Å². The average Bonchev–Trinajstić information content (AvgIpc) is 2.87. The summed E-state index contributed by atoms with van der Waals surface area (Å²) in [5.41, 5.74) is 0.955. The van der Waals surface area contributed by atoms with Gasteiger partial charge in [0.25, 0.3) is 11.6 Å². The van der Waals surface area contributed by atoms with Crippen LogP contribution in [0.4, 0.5) is 5.69 Å². The number of nitrogens with zero attached hydrogens (tertiary/aromatic N) is 2. The van der Waals surface area contributed by atoms with E-state index in [4.69, 9.17) is 0 Å². The minimum atomic E-state index is -0.455. The van der Waals surface area contributed by atoms with E-state index in [-0.39, 0.29) is 17.5 Å². The Bertz CT molecular complexity index is 542. The molecule has 1 aromatic carbocycles. The lowest BCUT2D eigenvalue weighted by atomic mass is 10.0. The number of likely N-dealkylation sites (tertiary alicyclic amines) is 1. The topological polar surface area (TPSA) is 83.7 Å². The number of hydrogen-bond acceptors (Lipinski definition) is 4. The summed E-state index contributed by atoms with van der Waals surface area (Å²) in [7, 11) is 0. The predicted molar refractivity (Wildman–Crippen MR) is 73.5 cm³/mol. The normalized spacial score (nSPS) is 19.9. The third kappa shape index (κ3) is 2.80. The largest absolute Gasteiger partial charge is 0.393 e. The van der Waals surface area contributed by atoms with Gasteiger partial charge in [-0.15, -0.1) is 0 Å². The quantitative estimate of drug-likeness (QED) is 0.674. The molecule has 0 radical (unpaired) electrons. The number of amides is 1. The lowest BCUT2D eigenvalue weighted by Crippen LogP contribution is -2.30. The highest BCUT2D eigenvalue weighted by Gasteiger charge is 2.29. The number of nitro groups is 1. The van der Waals surface area contributed by atoms with Crippen LogP contribution in [0.3, 0.4) is 0 Å². The number of aliphatic hydroxyl groups excluding tert-OH is 1.